The third kappa shape index (κ3) is 4.06. The smallest absolute Gasteiger partial charge is 0.136 e. The average Bonchev–Trinajstić information content (AvgIpc) is 3.74. The quantitative estimate of drug-likeness (QED) is 0.185. The molecule has 10 rings (SSSR count). The SMILES string of the molecule is c1ccc(-c2cccc(-c3c4ccccc4c(-c4cccc5oc6cc7c(-c8ccccc8)coc7cc6c45)c4ccccc34)c2)cc1. The molecule has 2 heteroatoms. The van der Waals surface area contributed by atoms with Crippen molar-refractivity contribution in [3.05, 3.63) is 170 Å². The molecule has 0 aliphatic rings. The largest absolute Gasteiger partial charge is 0.464 e. The predicted octanol–water partition coefficient (Wildman–Crippen LogP) is 13.3. The highest BCUT2D eigenvalue weighted by Crippen LogP contribution is 2.48. The van der Waals surface area contributed by atoms with Crippen molar-refractivity contribution in [3.63, 3.8) is 0 Å². The molecule has 0 saturated carbocycles. The molecule has 0 aliphatic heterocycles. The maximum atomic E-state index is 6.61. The first-order valence-corrected chi connectivity index (χ1v) is 16.3. The van der Waals surface area contributed by atoms with Gasteiger partial charge in [0.05, 0.1) is 6.26 Å². The molecule has 0 fully saturated rings. The van der Waals surface area contributed by atoms with Crippen LogP contribution in [0.5, 0.6) is 0 Å². The maximum absolute atomic E-state index is 6.61. The summed E-state index contributed by atoms with van der Waals surface area (Å²) in [6.07, 6.45) is 1.86. The molecule has 0 N–H and O–H groups in total. The Morgan fingerprint density at radius 2 is 0.875 bits per heavy atom. The van der Waals surface area contributed by atoms with Crippen LogP contribution in [-0.2, 0) is 0 Å². The zero-order chi connectivity index (χ0) is 31.6. The van der Waals surface area contributed by atoms with Crippen LogP contribution in [-0.4, -0.2) is 0 Å². The van der Waals surface area contributed by atoms with E-state index in [4.69, 9.17) is 8.83 Å². The van der Waals surface area contributed by atoms with Gasteiger partial charge in [-0.2, -0.15) is 0 Å². The third-order valence-corrected chi connectivity index (χ3v) is 9.74. The summed E-state index contributed by atoms with van der Waals surface area (Å²) in [5.41, 5.74) is 12.0. The van der Waals surface area contributed by atoms with Crippen molar-refractivity contribution in [3.8, 4) is 44.5 Å². The number of rotatable bonds is 4. The summed E-state index contributed by atoms with van der Waals surface area (Å²) in [6, 6.07) is 58.3. The van der Waals surface area contributed by atoms with Crippen LogP contribution in [0.2, 0.25) is 0 Å². The maximum Gasteiger partial charge on any atom is 0.136 e. The van der Waals surface area contributed by atoms with E-state index in [-0.39, 0.29) is 0 Å². The van der Waals surface area contributed by atoms with Crippen LogP contribution in [0.15, 0.2) is 179 Å². The van der Waals surface area contributed by atoms with Gasteiger partial charge in [-0.15, -0.1) is 0 Å². The second-order valence-electron chi connectivity index (χ2n) is 12.4. The summed E-state index contributed by atoms with van der Waals surface area (Å²) in [7, 11) is 0. The molecule has 0 amide bonds. The zero-order valence-corrected chi connectivity index (χ0v) is 26.0. The summed E-state index contributed by atoms with van der Waals surface area (Å²) < 4.78 is 12.8. The van der Waals surface area contributed by atoms with Crippen LogP contribution in [0.4, 0.5) is 0 Å². The highest BCUT2D eigenvalue weighted by molar-refractivity contribution is 6.26. The van der Waals surface area contributed by atoms with E-state index in [2.05, 4.69) is 158 Å². The van der Waals surface area contributed by atoms with Crippen molar-refractivity contribution < 1.29 is 8.83 Å². The van der Waals surface area contributed by atoms with Gasteiger partial charge in [0.2, 0.25) is 0 Å². The van der Waals surface area contributed by atoms with Gasteiger partial charge in [0, 0.05) is 21.7 Å². The minimum atomic E-state index is 0.849. The molecule has 10 aromatic rings. The summed E-state index contributed by atoms with van der Waals surface area (Å²) in [5, 5.41) is 8.07. The van der Waals surface area contributed by atoms with Gasteiger partial charge in [-0.3, -0.25) is 0 Å². The Bertz CT molecular complexity index is 2760. The molecule has 0 atom stereocenters. The lowest BCUT2D eigenvalue weighted by molar-refractivity contribution is 0.617. The molecule has 0 saturated heterocycles. The summed E-state index contributed by atoms with van der Waals surface area (Å²) in [6.45, 7) is 0. The van der Waals surface area contributed by atoms with Crippen molar-refractivity contribution >= 4 is 54.5 Å². The monoisotopic (exact) mass is 612 g/mol. The molecule has 8 aromatic carbocycles. The van der Waals surface area contributed by atoms with Crippen molar-refractivity contribution in [2.75, 3.05) is 0 Å². The van der Waals surface area contributed by atoms with Crippen LogP contribution >= 0.6 is 0 Å². The van der Waals surface area contributed by atoms with Gasteiger partial charge in [-0.1, -0.05) is 140 Å². The van der Waals surface area contributed by atoms with Crippen LogP contribution in [0.25, 0.3) is 99.0 Å². The minimum absolute atomic E-state index is 0.849. The minimum Gasteiger partial charge on any atom is -0.464 e. The average molecular weight is 613 g/mol. The standard InChI is InChI=1S/C46H28O2/c1-3-13-29(14-4-1)31-17-11-18-32(25-31)44-33-19-7-9-21-35(33)45(36-22-10-8-20-34(36)44)37-23-12-24-41-46(37)39-27-42-38(26-43(39)48-41)40(28-47-42)30-15-5-2-6-16-30/h1-28H. The molecule has 0 spiro atoms. The van der Waals surface area contributed by atoms with E-state index >= 15 is 0 Å². The fourth-order valence-corrected chi connectivity index (χ4v) is 7.61. The first kappa shape index (κ1) is 26.8. The molecule has 2 nitrogen and oxygen atoms in total. The van der Waals surface area contributed by atoms with E-state index in [0.717, 1.165) is 49.6 Å². The van der Waals surface area contributed by atoms with Crippen molar-refractivity contribution in [2.45, 2.75) is 0 Å². The number of benzene rings is 8. The lowest BCUT2D eigenvalue weighted by atomic mass is 9.84. The summed E-state index contributed by atoms with van der Waals surface area (Å²) in [4.78, 5) is 0. The predicted molar refractivity (Wildman–Crippen MR) is 200 cm³/mol. The first-order valence-electron chi connectivity index (χ1n) is 16.3. The molecule has 0 unspecified atom stereocenters. The van der Waals surface area contributed by atoms with Crippen LogP contribution in [0, 0.1) is 0 Å². The fourth-order valence-electron chi connectivity index (χ4n) is 7.61. The molecular formula is C46H28O2. The number of hydrogen-bond acceptors (Lipinski definition) is 2. The zero-order valence-electron chi connectivity index (χ0n) is 26.0. The highest BCUT2D eigenvalue weighted by Gasteiger charge is 2.21. The summed E-state index contributed by atoms with van der Waals surface area (Å²) in [5.74, 6) is 0. The Morgan fingerprint density at radius 1 is 0.312 bits per heavy atom. The van der Waals surface area contributed by atoms with Gasteiger partial charge in [0.25, 0.3) is 0 Å². The molecule has 0 aliphatic carbocycles. The van der Waals surface area contributed by atoms with E-state index in [1.54, 1.807) is 0 Å². The van der Waals surface area contributed by atoms with E-state index in [9.17, 15) is 0 Å². The van der Waals surface area contributed by atoms with E-state index in [1.807, 2.05) is 12.3 Å². The van der Waals surface area contributed by atoms with Crippen LogP contribution in [0.3, 0.4) is 0 Å². The Kier molecular flexibility index (Phi) is 5.91. The molecular weight excluding hydrogens is 585 g/mol. The van der Waals surface area contributed by atoms with Gasteiger partial charge in [-0.05, 0) is 84.8 Å². The Hall–Kier alpha value is -6.38. The first-order chi connectivity index (χ1) is 23.8. The van der Waals surface area contributed by atoms with E-state index < -0.39 is 0 Å². The topological polar surface area (TPSA) is 26.3 Å². The van der Waals surface area contributed by atoms with E-state index in [1.165, 1.54) is 49.4 Å². The number of fused-ring (bicyclic) bond motifs is 6. The number of hydrogen-bond donors (Lipinski definition) is 0. The van der Waals surface area contributed by atoms with E-state index in [0.29, 0.717) is 0 Å². The van der Waals surface area contributed by atoms with Crippen molar-refractivity contribution in [1.29, 1.82) is 0 Å². The molecule has 2 heterocycles. The Labute approximate surface area is 277 Å². The van der Waals surface area contributed by atoms with Gasteiger partial charge in [0.1, 0.15) is 16.7 Å². The van der Waals surface area contributed by atoms with Gasteiger partial charge >= 0.3 is 0 Å². The Morgan fingerprint density at radius 3 is 1.58 bits per heavy atom. The second kappa shape index (κ2) is 10.6. The number of furan rings is 2. The fraction of sp³-hybridized carbons (Fsp3) is 0. The molecule has 224 valence electrons. The molecule has 48 heavy (non-hydrogen) atoms. The highest BCUT2D eigenvalue weighted by atomic mass is 16.3. The van der Waals surface area contributed by atoms with Gasteiger partial charge in [0.15, 0.2) is 0 Å². The summed E-state index contributed by atoms with van der Waals surface area (Å²) >= 11 is 0. The molecule has 0 radical (unpaired) electrons. The van der Waals surface area contributed by atoms with Gasteiger partial charge < -0.3 is 8.83 Å². The van der Waals surface area contributed by atoms with Gasteiger partial charge in [-0.25, -0.2) is 0 Å². The van der Waals surface area contributed by atoms with Crippen molar-refractivity contribution in [2.24, 2.45) is 0 Å². The van der Waals surface area contributed by atoms with Crippen LogP contribution < -0.4 is 0 Å². The molecule has 2 aromatic heterocycles. The molecule has 0 bridgehead atoms. The second-order valence-corrected chi connectivity index (χ2v) is 12.4. The lowest BCUT2D eigenvalue weighted by Crippen LogP contribution is -1.91. The van der Waals surface area contributed by atoms with Crippen molar-refractivity contribution in [1.82, 2.24) is 0 Å². The Balaban J connectivity index is 1.25. The van der Waals surface area contributed by atoms with Crippen LogP contribution in [0.1, 0.15) is 0 Å². The third-order valence-electron chi connectivity index (χ3n) is 9.74. The lowest BCUT2D eigenvalue weighted by Gasteiger charge is -2.18. The normalized spacial score (nSPS) is 11.8.